The Kier molecular flexibility index (Phi) is 4.04. The molecule has 0 radical (unpaired) electrons. The summed E-state index contributed by atoms with van der Waals surface area (Å²) in [6.07, 6.45) is 2.57. The van der Waals surface area contributed by atoms with E-state index >= 15 is 0 Å². The first-order valence-electron chi connectivity index (χ1n) is 7.15. The number of hydrogen-bond donors (Lipinski definition) is 1. The smallest absolute Gasteiger partial charge is 0.150 e. The Bertz CT molecular complexity index is 437. The summed E-state index contributed by atoms with van der Waals surface area (Å²) >= 11 is 0. The molecule has 5 nitrogen and oxygen atoms in total. The molecule has 5 heteroatoms. The maximum Gasteiger partial charge on any atom is 0.150 e. The molecule has 1 aromatic rings. The monoisotopic (exact) mass is 265 g/mol. The Balaban J connectivity index is 2.16. The lowest BCUT2D eigenvalue weighted by molar-refractivity contribution is 0.313. The molecular formula is C14H27N5. The van der Waals surface area contributed by atoms with E-state index in [4.69, 9.17) is 5.73 Å². The lowest BCUT2D eigenvalue weighted by atomic mass is 10.1. The second-order valence-corrected chi connectivity index (χ2v) is 6.06. The largest absolute Gasteiger partial charge is 0.394 e. The molecule has 1 aliphatic rings. The number of nitrogens with zero attached hydrogens (tertiary/aromatic N) is 4. The van der Waals surface area contributed by atoms with Crippen molar-refractivity contribution in [2.75, 3.05) is 37.8 Å². The SMILES string of the molecule is CC(C)c1nn(C)c(N(C)CC2CCCN2C)c1N. The van der Waals surface area contributed by atoms with Gasteiger partial charge >= 0.3 is 0 Å². The van der Waals surface area contributed by atoms with E-state index in [0.717, 1.165) is 23.7 Å². The molecule has 0 aromatic carbocycles. The summed E-state index contributed by atoms with van der Waals surface area (Å²) in [5, 5.41) is 4.56. The van der Waals surface area contributed by atoms with Crippen molar-refractivity contribution in [3.05, 3.63) is 5.69 Å². The van der Waals surface area contributed by atoms with Gasteiger partial charge in [-0.05, 0) is 32.4 Å². The van der Waals surface area contributed by atoms with E-state index in [9.17, 15) is 0 Å². The standard InChI is InChI=1S/C14H27N5/c1-10(2)13-12(15)14(19(5)16-13)18(4)9-11-7-6-8-17(11)3/h10-11H,6-9,15H2,1-5H3. The first kappa shape index (κ1) is 14.2. The van der Waals surface area contributed by atoms with Crippen LogP contribution in [-0.4, -0.2) is 47.9 Å². The van der Waals surface area contributed by atoms with Crippen molar-refractivity contribution in [1.82, 2.24) is 14.7 Å². The molecule has 1 atom stereocenters. The van der Waals surface area contributed by atoms with Crippen molar-refractivity contribution < 1.29 is 0 Å². The highest BCUT2D eigenvalue weighted by atomic mass is 15.4. The topological polar surface area (TPSA) is 50.3 Å². The third-order valence-corrected chi connectivity index (χ3v) is 4.15. The summed E-state index contributed by atoms with van der Waals surface area (Å²) in [4.78, 5) is 4.69. The van der Waals surface area contributed by atoms with Gasteiger partial charge in [0.15, 0.2) is 0 Å². The highest BCUT2D eigenvalue weighted by Crippen LogP contribution is 2.30. The summed E-state index contributed by atoms with van der Waals surface area (Å²) in [6, 6.07) is 0.627. The summed E-state index contributed by atoms with van der Waals surface area (Å²) in [5.74, 6) is 1.41. The highest BCUT2D eigenvalue weighted by molar-refractivity contribution is 5.66. The first-order valence-corrected chi connectivity index (χ1v) is 7.15. The van der Waals surface area contributed by atoms with Gasteiger partial charge in [-0.2, -0.15) is 5.10 Å². The van der Waals surface area contributed by atoms with Crippen LogP contribution in [0.15, 0.2) is 0 Å². The second kappa shape index (κ2) is 5.41. The van der Waals surface area contributed by atoms with Crippen LogP contribution in [0.1, 0.15) is 38.3 Å². The van der Waals surface area contributed by atoms with Crippen molar-refractivity contribution >= 4 is 11.5 Å². The molecule has 108 valence electrons. The first-order chi connectivity index (χ1) is 8.91. The van der Waals surface area contributed by atoms with Crippen molar-refractivity contribution in [1.29, 1.82) is 0 Å². The molecule has 1 saturated heterocycles. The molecule has 1 fully saturated rings. The summed E-state index contributed by atoms with van der Waals surface area (Å²) in [6.45, 7) is 6.48. The van der Waals surface area contributed by atoms with Gasteiger partial charge in [0.2, 0.25) is 0 Å². The lowest BCUT2D eigenvalue weighted by Crippen LogP contribution is -2.37. The van der Waals surface area contributed by atoms with Crippen LogP contribution in [0.3, 0.4) is 0 Å². The molecule has 1 unspecified atom stereocenters. The average Bonchev–Trinajstić information content (AvgIpc) is 2.84. The van der Waals surface area contributed by atoms with Crippen molar-refractivity contribution in [2.24, 2.45) is 7.05 Å². The second-order valence-electron chi connectivity index (χ2n) is 6.06. The fraction of sp³-hybridized carbons (Fsp3) is 0.786. The molecule has 0 spiro atoms. The van der Waals surface area contributed by atoms with Crippen LogP contribution in [0.5, 0.6) is 0 Å². The molecule has 0 saturated carbocycles. The Hall–Kier alpha value is -1.23. The minimum atomic E-state index is 0.363. The van der Waals surface area contributed by atoms with Crippen molar-refractivity contribution in [3.63, 3.8) is 0 Å². The van der Waals surface area contributed by atoms with Crippen LogP contribution in [-0.2, 0) is 7.05 Å². The van der Waals surface area contributed by atoms with Gasteiger partial charge < -0.3 is 15.5 Å². The number of anilines is 2. The van der Waals surface area contributed by atoms with Crippen LogP contribution >= 0.6 is 0 Å². The van der Waals surface area contributed by atoms with Crippen molar-refractivity contribution in [3.8, 4) is 0 Å². The Morgan fingerprint density at radius 3 is 2.58 bits per heavy atom. The van der Waals surface area contributed by atoms with Gasteiger partial charge in [0.1, 0.15) is 5.82 Å². The molecule has 2 heterocycles. The molecule has 1 aromatic heterocycles. The van der Waals surface area contributed by atoms with Gasteiger partial charge in [-0.15, -0.1) is 0 Å². The molecule has 2 rings (SSSR count). The molecule has 19 heavy (non-hydrogen) atoms. The number of rotatable bonds is 4. The summed E-state index contributed by atoms with van der Waals surface area (Å²) < 4.78 is 1.92. The molecule has 0 aliphatic carbocycles. The normalized spacial score (nSPS) is 20.4. The summed E-state index contributed by atoms with van der Waals surface area (Å²) in [5.41, 5.74) is 8.11. The average molecular weight is 265 g/mol. The fourth-order valence-electron chi connectivity index (χ4n) is 3.04. The molecule has 2 N–H and O–H groups in total. The number of aromatic nitrogens is 2. The molecule has 1 aliphatic heterocycles. The van der Waals surface area contributed by atoms with Crippen LogP contribution in [0, 0.1) is 0 Å². The molecule has 0 bridgehead atoms. The van der Waals surface area contributed by atoms with Gasteiger partial charge in [-0.3, -0.25) is 4.68 Å². The van der Waals surface area contributed by atoms with Gasteiger partial charge in [0.25, 0.3) is 0 Å². The number of nitrogens with two attached hydrogens (primary N) is 1. The third-order valence-electron chi connectivity index (χ3n) is 4.15. The number of nitrogen functional groups attached to an aromatic ring is 1. The Labute approximate surface area is 116 Å². The maximum atomic E-state index is 6.28. The lowest BCUT2D eigenvalue weighted by Gasteiger charge is -2.27. The quantitative estimate of drug-likeness (QED) is 0.899. The molecule has 0 amide bonds. The van der Waals surface area contributed by atoms with E-state index in [-0.39, 0.29) is 0 Å². The predicted molar refractivity (Wildman–Crippen MR) is 80.6 cm³/mol. The van der Waals surface area contributed by atoms with E-state index in [1.807, 2.05) is 11.7 Å². The zero-order valence-corrected chi connectivity index (χ0v) is 12.8. The number of likely N-dealkylation sites (tertiary alicyclic amines) is 1. The zero-order chi connectivity index (χ0) is 14.2. The van der Waals surface area contributed by atoms with E-state index in [0.29, 0.717) is 12.0 Å². The minimum absolute atomic E-state index is 0.363. The van der Waals surface area contributed by atoms with Crippen LogP contribution in [0.25, 0.3) is 0 Å². The van der Waals surface area contributed by atoms with Gasteiger partial charge in [-0.25, -0.2) is 0 Å². The van der Waals surface area contributed by atoms with Gasteiger partial charge in [0.05, 0.1) is 11.4 Å². The third kappa shape index (κ3) is 2.71. The fourth-order valence-corrected chi connectivity index (χ4v) is 3.04. The van der Waals surface area contributed by atoms with E-state index < -0.39 is 0 Å². The predicted octanol–water partition coefficient (Wildman–Crippen LogP) is 1.66. The highest BCUT2D eigenvalue weighted by Gasteiger charge is 2.25. The zero-order valence-electron chi connectivity index (χ0n) is 12.8. The number of aryl methyl sites for hydroxylation is 1. The van der Waals surface area contributed by atoms with Crippen LogP contribution < -0.4 is 10.6 Å². The van der Waals surface area contributed by atoms with Crippen LogP contribution in [0.2, 0.25) is 0 Å². The van der Waals surface area contributed by atoms with Gasteiger partial charge in [0, 0.05) is 26.7 Å². The van der Waals surface area contributed by atoms with E-state index in [1.54, 1.807) is 0 Å². The van der Waals surface area contributed by atoms with Crippen LogP contribution in [0.4, 0.5) is 11.5 Å². The van der Waals surface area contributed by atoms with Gasteiger partial charge in [-0.1, -0.05) is 13.8 Å². The van der Waals surface area contributed by atoms with E-state index in [1.165, 1.54) is 19.4 Å². The minimum Gasteiger partial charge on any atom is -0.394 e. The molecular weight excluding hydrogens is 238 g/mol. The number of likely N-dealkylation sites (N-methyl/N-ethyl adjacent to an activating group) is 2. The Morgan fingerprint density at radius 2 is 2.11 bits per heavy atom. The summed E-state index contributed by atoms with van der Waals surface area (Å²) in [7, 11) is 6.30. The maximum absolute atomic E-state index is 6.28. The number of hydrogen-bond acceptors (Lipinski definition) is 4. The van der Waals surface area contributed by atoms with E-state index in [2.05, 4.69) is 42.8 Å². The Morgan fingerprint density at radius 1 is 1.42 bits per heavy atom. The van der Waals surface area contributed by atoms with Crippen molar-refractivity contribution in [2.45, 2.75) is 38.6 Å².